The van der Waals surface area contributed by atoms with Crippen LogP contribution in [0.25, 0.3) is 0 Å². The number of hydrogen-bond acceptors (Lipinski definition) is 1. The molecule has 0 spiro atoms. The van der Waals surface area contributed by atoms with Crippen molar-refractivity contribution in [2.24, 2.45) is 0 Å². The predicted octanol–water partition coefficient (Wildman–Crippen LogP) is 0.147. The van der Waals surface area contributed by atoms with E-state index in [0.29, 0.717) is 0 Å². The van der Waals surface area contributed by atoms with E-state index in [9.17, 15) is 0 Å². The van der Waals surface area contributed by atoms with E-state index < -0.39 is 0 Å². The van der Waals surface area contributed by atoms with Gasteiger partial charge in [0.1, 0.15) is 1.37 Å². The highest BCUT2D eigenvalue weighted by Gasteiger charge is 1.45. The average Bonchev–Trinajstić information content (AvgIpc) is 1.69. The van der Waals surface area contributed by atoms with Crippen LogP contribution < -0.4 is 0 Å². The quantitative estimate of drug-likeness (QED) is 0.377. The first kappa shape index (κ1) is 2.83. The van der Waals surface area contributed by atoms with Crippen LogP contribution in [0, 0.1) is 35.5 Å². The number of nitrogens with zero attached hydrogens (tertiary/aromatic N) is 1. The van der Waals surface area contributed by atoms with Crippen LogP contribution in [0.3, 0.4) is 0 Å². The van der Waals surface area contributed by atoms with Crippen LogP contribution in [0.15, 0.2) is 0 Å². The Bertz CT molecular complexity index is 190. The first-order valence-electron chi connectivity index (χ1n) is 1.72. The summed E-state index contributed by atoms with van der Waals surface area (Å²) in [5.74, 6) is 6.22. The van der Waals surface area contributed by atoms with E-state index in [1.165, 1.54) is 0 Å². The Hall–Kier alpha value is -1.39. The number of rotatable bonds is 0. The van der Waals surface area contributed by atoms with Crippen molar-refractivity contribution in [2.45, 2.75) is 0 Å². The molecule has 0 radical (unpaired) electrons. The Kier molecular flexibility index (Phi) is 1.70. The molecule has 0 amide bonds. The summed E-state index contributed by atoms with van der Waals surface area (Å²) in [5, 5.41) is 7.74. The lowest BCUT2D eigenvalue weighted by molar-refractivity contribution is 1.55. The zero-order chi connectivity index (χ0) is 5.54. The van der Waals surface area contributed by atoms with E-state index in [0.717, 1.165) is 0 Å². The molecule has 0 saturated heterocycles. The van der Waals surface area contributed by atoms with Crippen LogP contribution in [-0.2, 0) is 0 Å². The van der Waals surface area contributed by atoms with Crippen molar-refractivity contribution in [2.75, 3.05) is 0 Å². The van der Waals surface area contributed by atoms with Crippen molar-refractivity contribution in [3.63, 3.8) is 0 Å². The molecule has 0 aliphatic rings. The van der Waals surface area contributed by atoms with Crippen molar-refractivity contribution in [1.29, 1.82) is 5.26 Å². The fourth-order valence-corrected chi connectivity index (χ4v) is 0.0592. The Morgan fingerprint density at radius 3 is 3.00 bits per heavy atom. The van der Waals surface area contributed by atoms with Gasteiger partial charge in [0.15, 0.2) is 6.07 Å². The van der Waals surface area contributed by atoms with Gasteiger partial charge in [-0.2, -0.15) is 5.26 Å². The van der Waals surface area contributed by atoms with Crippen LogP contribution >= 0.6 is 0 Å². The molecule has 0 N–H and O–H groups in total. The van der Waals surface area contributed by atoms with Gasteiger partial charge in [-0.05, 0) is 5.92 Å². The summed E-state index contributed by atoms with van der Waals surface area (Å²) >= 11 is 0. The molecule has 0 aliphatic heterocycles. The lowest BCUT2D eigenvalue weighted by Crippen LogP contribution is -1.42. The highest BCUT2D eigenvalue weighted by Crippen LogP contribution is 1.43. The topological polar surface area (TPSA) is 23.8 Å². The third kappa shape index (κ3) is 2.61. The molecule has 1 nitrogen and oxygen atoms in total. The second kappa shape index (κ2) is 3.61. The first-order valence-corrected chi connectivity index (χ1v) is 1.22. The summed E-state index contributed by atoms with van der Waals surface area (Å²) in [6.45, 7) is 0. The minimum absolute atomic E-state index is 1.56. The van der Waals surface area contributed by atoms with Gasteiger partial charge in [-0.15, -0.1) is 6.40 Å². The molecule has 1 heteroatoms. The van der Waals surface area contributed by atoms with E-state index in [2.05, 4.69) is 11.8 Å². The Morgan fingerprint density at radius 1 is 1.67 bits per heavy atom. The first-order chi connectivity index (χ1) is 3.41. The van der Waals surface area contributed by atoms with Gasteiger partial charge in [0.2, 0.25) is 0 Å². The number of nitriles is 1. The maximum atomic E-state index is 7.74. The number of hydrogen-bond donors (Lipinski definition) is 0. The van der Waals surface area contributed by atoms with Gasteiger partial charge in [0, 0.05) is 11.8 Å². The Labute approximate surface area is 38.0 Å². The SMILES string of the molecule is [2H]C#CC#CC#N. The summed E-state index contributed by atoms with van der Waals surface area (Å²) in [4.78, 5) is 0. The van der Waals surface area contributed by atoms with Crippen molar-refractivity contribution in [3.8, 4) is 30.2 Å². The fraction of sp³-hybridized carbons (Fsp3) is 0. The molecular formula is C5HN. The lowest BCUT2D eigenvalue weighted by atomic mass is 10.6. The van der Waals surface area contributed by atoms with Crippen LogP contribution in [0.2, 0.25) is 0 Å². The van der Waals surface area contributed by atoms with Gasteiger partial charge < -0.3 is 0 Å². The van der Waals surface area contributed by atoms with Crippen LogP contribution in [0.1, 0.15) is 1.37 Å². The molecule has 0 bridgehead atoms. The lowest BCUT2D eigenvalue weighted by Gasteiger charge is -1.40. The van der Waals surface area contributed by atoms with E-state index in [1.54, 1.807) is 12.5 Å². The van der Waals surface area contributed by atoms with E-state index in [4.69, 9.17) is 6.63 Å². The van der Waals surface area contributed by atoms with Crippen LogP contribution in [-0.4, -0.2) is 0 Å². The molecule has 0 rings (SSSR count). The van der Waals surface area contributed by atoms with Gasteiger partial charge in [0.25, 0.3) is 0 Å². The Balaban J connectivity index is 3.68. The van der Waals surface area contributed by atoms with Crippen molar-refractivity contribution in [3.05, 3.63) is 0 Å². The predicted molar refractivity (Wildman–Crippen MR) is 22.2 cm³/mol. The second-order valence-corrected chi connectivity index (χ2v) is 0.487. The maximum Gasteiger partial charge on any atom is 0.153 e. The Morgan fingerprint density at radius 2 is 2.50 bits per heavy atom. The summed E-state index contributed by atoms with van der Waals surface area (Å²) < 4.78 is 6.21. The highest BCUT2D eigenvalue weighted by molar-refractivity contribution is 5.29. The molecule has 0 fully saturated rings. The third-order valence-corrected chi connectivity index (χ3v) is 0.181. The largest absolute Gasteiger partial charge is 0.183 e. The van der Waals surface area contributed by atoms with Crippen molar-refractivity contribution < 1.29 is 1.37 Å². The molecule has 0 aromatic carbocycles. The normalized spacial score (nSPS) is 4.17. The van der Waals surface area contributed by atoms with Gasteiger partial charge in [0.05, 0.1) is 0 Å². The highest BCUT2D eigenvalue weighted by atomic mass is 14.2. The minimum Gasteiger partial charge on any atom is -0.183 e. The molecule has 0 heterocycles. The zero-order valence-corrected chi connectivity index (χ0v) is 2.95. The standard InChI is InChI=1S/C5HN/c1-2-3-4-5-6/h1H/i1D. The molecular weight excluding hydrogens is 74.1 g/mol. The van der Waals surface area contributed by atoms with E-state index >= 15 is 0 Å². The van der Waals surface area contributed by atoms with E-state index in [1.807, 2.05) is 5.92 Å². The smallest absolute Gasteiger partial charge is 0.153 e. The van der Waals surface area contributed by atoms with Gasteiger partial charge in [-0.3, -0.25) is 0 Å². The maximum absolute atomic E-state index is 7.74. The van der Waals surface area contributed by atoms with E-state index in [-0.39, 0.29) is 0 Å². The summed E-state index contributed by atoms with van der Waals surface area (Å²) in [6, 6.07) is 1.56. The molecule has 0 unspecified atom stereocenters. The van der Waals surface area contributed by atoms with Gasteiger partial charge >= 0.3 is 0 Å². The summed E-state index contributed by atoms with van der Waals surface area (Å²) in [6.07, 6.45) is 1.78. The molecule has 0 aliphatic carbocycles. The van der Waals surface area contributed by atoms with Crippen LogP contribution in [0.5, 0.6) is 0 Å². The molecule has 6 heavy (non-hydrogen) atoms. The molecule has 0 saturated carbocycles. The molecule has 0 atom stereocenters. The summed E-state index contributed by atoms with van der Waals surface area (Å²) in [7, 11) is 0. The van der Waals surface area contributed by atoms with Crippen molar-refractivity contribution in [1.82, 2.24) is 0 Å². The monoisotopic (exact) mass is 76.0 g/mol. The van der Waals surface area contributed by atoms with Crippen LogP contribution in [0.4, 0.5) is 0 Å². The fourth-order valence-electron chi connectivity index (χ4n) is 0.0592. The van der Waals surface area contributed by atoms with Gasteiger partial charge in [-0.25, -0.2) is 0 Å². The second-order valence-electron chi connectivity index (χ2n) is 0.487. The molecule has 0 aromatic heterocycles. The molecule has 0 aromatic rings. The number of terminal acetylenes is 1. The van der Waals surface area contributed by atoms with Crippen molar-refractivity contribution >= 4 is 0 Å². The van der Waals surface area contributed by atoms with Gasteiger partial charge in [-0.1, -0.05) is 0 Å². The summed E-state index contributed by atoms with van der Waals surface area (Å²) in [5.41, 5.74) is 0. The minimum atomic E-state index is 1.56. The zero-order valence-electron chi connectivity index (χ0n) is 3.95. The molecule has 26 valence electrons. The third-order valence-electron chi connectivity index (χ3n) is 0.181. The average molecular weight is 76.1 g/mol.